The summed E-state index contributed by atoms with van der Waals surface area (Å²) in [7, 11) is 2.07. The maximum atomic E-state index is 6.47. The molecule has 1 saturated heterocycles. The number of fused-ring (bicyclic) bond motifs is 6. The van der Waals surface area contributed by atoms with Gasteiger partial charge in [0.2, 0.25) is 5.88 Å². The van der Waals surface area contributed by atoms with Crippen LogP contribution in [0.2, 0.25) is 0 Å². The topological polar surface area (TPSA) is 59.0 Å². The monoisotopic (exact) mass is 399 g/mol. The second-order valence-electron chi connectivity index (χ2n) is 8.47. The lowest BCUT2D eigenvalue weighted by Gasteiger charge is -2.46. The second kappa shape index (κ2) is 6.99. The van der Waals surface area contributed by atoms with E-state index in [1.807, 2.05) is 30.6 Å². The highest BCUT2D eigenvalue weighted by atomic mass is 16.5. The Morgan fingerprint density at radius 2 is 2.00 bits per heavy atom. The number of nitrogens with zero attached hydrogens (tertiary/aromatic N) is 4. The quantitative estimate of drug-likeness (QED) is 0.569. The van der Waals surface area contributed by atoms with Crippen LogP contribution in [0.3, 0.4) is 0 Å². The van der Waals surface area contributed by atoms with Crippen LogP contribution in [0.15, 0.2) is 61.1 Å². The van der Waals surface area contributed by atoms with Crippen LogP contribution in [-0.4, -0.2) is 43.1 Å². The van der Waals surface area contributed by atoms with Crippen molar-refractivity contribution in [3.63, 3.8) is 0 Å². The van der Waals surface area contributed by atoms with Crippen LogP contribution in [-0.2, 0) is 20.0 Å². The molecule has 1 aliphatic carbocycles. The summed E-state index contributed by atoms with van der Waals surface area (Å²) in [5, 5.41) is 1.35. The number of piperidine rings is 1. The summed E-state index contributed by atoms with van der Waals surface area (Å²) in [6.45, 7) is 1.70. The van der Waals surface area contributed by atoms with E-state index in [9.17, 15) is 0 Å². The summed E-state index contributed by atoms with van der Waals surface area (Å²) in [6.07, 6.45) is 7.88. The standard InChI is InChI=1S/C24H25N5O/c1-28-11-10-25-22(28)15-29-14-21(30-23-8-4-5-9-26-23)19-13-16(29)12-18-17-6-2-3-7-20(17)27-24(18)19/h2-11,16,19,21,27H,12-15H2,1H3/t16-,19+,21-/m0/s1. The second-order valence-corrected chi connectivity index (χ2v) is 8.47. The number of para-hydroxylation sites is 1. The summed E-state index contributed by atoms with van der Waals surface area (Å²) in [6, 6.07) is 15.0. The van der Waals surface area contributed by atoms with E-state index in [-0.39, 0.29) is 6.10 Å². The van der Waals surface area contributed by atoms with E-state index in [0.29, 0.717) is 17.8 Å². The van der Waals surface area contributed by atoms with Gasteiger partial charge in [-0.05, 0) is 30.5 Å². The summed E-state index contributed by atoms with van der Waals surface area (Å²) in [5.74, 6) is 2.13. The van der Waals surface area contributed by atoms with Crippen molar-refractivity contribution in [1.82, 2.24) is 24.4 Å². The third kappa shape index (κ3) is 2.91. The summed E-state index contributed by atoms with van der Waals surface area (Å²) < 4.78 is 8.59. The minimum absolute atomic E-state index is 0.0449. The SMILES string of the molecule is Cn1ccnc1CN1C[C@H](Oc2ccccn2)[C@H]2C[C@@H]1Cc1c2[nH]c2ccccc12. The number of hydrogen-bond acceptors (Lipinski definition) is 4. The summed E-state index contributed by atoms with van der Waals surface area (Å²) in [4.78, 5) is 15.3. The van der Waals surface area contributed by atoms with Gasteiger partial charge in [-0.2, -0.15) is 0 Å². The van der Waals surface area contributed by atoms with Crippen molar-refractivity contribution in [3.05, 3.63) is 78.1 Å². The Hall–Kier alpha value is -3.12. The number of H-pyrrole nitrogens is 1. The maximum absolute atomic E-state index is 6.47. The van der Waals surface area contributed by atoms with Gasteiger partial charge in [0, 0.05) is 66.8 Å². The van der Waals surface area contributed by atoms with Crippen LogP contribution < -0.4 is 4.74 Å². The molecule has 1 N–H and O–H groups in total. The predicted octanol–water partition coefficient (Wildman–Crippen LogP) is 3.66. The van der Waals surface area contributed by atoms with Gasteiger partial charge in [-0.3, -0.25) is 4.90 Å². The Bertz CT molecular complexity index is 1180. The molecule has 0 radical (unpaired) electrons. The van der Waals surface area contributed by atoms with Crippen molar-refractivity contribution >= 4 is 10.9 Å². The summed E-state index contributed by atoms with van der Waals surface area (Å²) in [5.41, 5.74) is 4.03. The van der Waals surface area contributed by atoms with Crippen LogP contribution in [0.4, 0.5) is 0 Å². The molecule has 6 nitrogen and oxygen atoms in total. The zero-order chi connectivity index (χ0) is 20.1. The molecule has 0 amide bonds. The van der Waals surface area contributed by atoms with E-state index >= 15 is 0 Å². The van der Waals surface area contributed by atoms with E-state index < -0.39 is 0 Å². The molecular weight excluding hydrogens is 374 g/mol. The molecule has 6 heteroatoms. The smallest absolute Gasteiger partial charge is 0.213 e. The average Bonchev–Trinajstić information content (AvgIpc) is 3.35. The van der Waals surface area contributed by atoms with Crippen LogP contribution in [0, 0.1) is 0 Å². The normalized spacial score (nSPS) is 23.4. The lowest BCUT2D eigenvalue weighted by molar-refractivity contribution is 0.0154. The van der Waals surface area contributed by atoms with E-state index in [0.717, 1.165) is 31.8 Å². The molecule has 30 heavy (non-hydrogen) atoms. The Labute approximate surface area is 175 Å². The zero-order valence-electron chi connectivity index (χ0n) is 17.0. The first-order valence-corrected chi connectivity index (χ1v) is 10.6. The molecule has 4 aromatic rings. The van der Waals surface area contributed by atoms with Gasteiger partial charge in [0.15, 0.2) is 0 Å². The van der Waals surface area contributed by atoms with E-state index in [1.165, 1.54) is 22.2 Å². The number of ether oxygens (including phenoxy) is 1. The lowest BCUT2D eigenvalue weighted by atomic mass is 9.76. The number of likely N-dealkylation sites (tertiary alicyclic amines) is 1. The van der Waals surface area contributed by atoms with Gasteiger partial charge in [-0.1, -0.05) is 24.3 Å². The fourth-order valence-corrected chi connectivity index (χ4v) is 5.23. The Kier molecular flexibility index (Phi) is 4.13. The van der Waals surface area contributed by atoms with Crippen molar-refractivity contribution < 1.29 is 4.74 Å². The number of aromatic nitrogens is 4. The van der Waals surface area contributed by atoms with Crippen LogP contribution >= 0.6 is 0 Å². The van der Waals surface area contributed by atoms with Crippen molar-refractivity contribution in [3.8, 4) is 5.88 Å². The number of aryl methyl sites for hydroxylation is 1. The van der Waals surface area contributed by atoms with Crippen molar-refractivity contribution in [2.75, 3.05) is 6.54 Å². The van der Waals surface area contributed by atoms with Gasteiger partial charge in [0.1, 0.15) is 11.9 Å². The first-order valence-electron chi connectivity index (χ1n) is 10.6. The van der Waals surface area contributed by atoms with Gasteiger partial charge in [-0.15, -0.1) is 0 Å². The molecule has 3 aromatic heterocycles. The van der Waals surface area contributed by atoms with Gasteiger partial charge in [0.25, 0.3) is 0 Å². The molecule has 1 fully saturated rings. The van der Waals surface area contributed by atoms with Crippen LogP contribution in [0.1, 0.15) is 29.4 Å². The molecule has 0 saturated carbocycles. The Morgan fingerprint density at radius 3 is 2.83 bits per heavy atom. The van der Waals surface area contributed by atoms with Gasteiger partial charge in [-0.25, -0.2) is 9.97 Å². The van der Waals surface area contributed by atoms with Gasteiger partial charge < -0.3 is 14.3 Å². The molecular formula is C24H25N5O. The Balaban J connectivity index is 1.40. The number of benzene rings is 1. The number of pyridine rings is 1. The van der Waals surface area contributed by atoms with Gasteiger partial charge >= 0.3 is 0 Å². The molecule has 4 heterocycles. The minimum atomic E-state index is 0.0449. The molecule has 1 aromatic carbocycles. The first-order chi connectivity index (χ1) is 14.8. The third-order valence-electron chi connectivity index (χ3n) is 6.74. The predicted molar refractivity (Wildman–Crippen MR) is 115 cm³/mol. The van der Waals surface area contributed by atoms with Crippen molar-refractivity contribution in [1.29, 1.82) is 0 Å². The summed E-state index contributed by atoms with van der Waals surface area (Å²) >= 11 is 0. The number of hydrogen-bond donors (Lipinski definition) is 1. The van der Waals surface area contributed by atoms with Crippen molar-refractivity contribution in [2.24, 2.45) is 7.05 Å². The third-order valence-corrected chi connectivity index (χ3v) is 6.74. The maximum Gasteiger partial charge on any atom is 0.213 e. The molecule has 6 rings (SSSR count). The minimum Gasteiger partial charge on any atom is -0.472 e. The fourth-order valence-electron chi connectivity index (χ4n) is 5.23. The van der Waals surface area contributed by atoms with Crippen LogP contribution in [0.5, 0.6) is 5.88 Å². The fraction of sp³-hybridized carbons (Fsp3) is 0.333. The number of imidazole rings is 1. The lowest BCUT2D eigenvalue weighted by Crippen LogP contribution is -2.53. The molecule has 0 unspecified atom stereocenters. The number of nitrogens with one attached hydrogen (secondary N) is 1. The Morgan fingerprint density at radius 1 is 1.10 bits per heavy atom. The number of aromatic amines is 1. The molecule has 152 valence electrons. The van der Waals surface area contributed by atoms with Gasteiger partial charge in [0.05, 0.1) is 6.54 Å². The largest absolute Gasteiger partial charge is 0.472 e. The zero-order valence-corrected chi connectivity index (χ0v) is 17.0. The molecule has 2 bridgehead atoms. The van der Waals surface area contributed by atoms with E-state index in [2.05, 4.69) is 55.7 Å². The van der Waals surface area contributed by atoms with E-state index in [4.69, 9.17) is 4.74 Å². The highest BCUT2D eigenvalue weighted by Crippen LogP contribution is 2.43. The average molecular weight is 399 g/mol. The number of rotatable bonds is 4. The first kappa shape index (κ1) is 17.7. The molecule has 0 spiro atoms. The van der Waals surface area contributed by atoms with Crippen LogP contribution in [0.25, 0.3) is 10.9 Å². The highest BCUT2D eigenvalue weighted by molar-refractivity contribution is 5.85. The molecule has 3 atom stereocenters. The molecule has 1 aliphatic heterocycles. The van der Waals surface area contributed by atoms with E-state index in [1.54, 1.807) is 6.20 Å². The highest BCUT2D eigenvalue weighted by Gasteiger charge is 2.44. The van der Waals surface area contributed by atoms with Crippen molar-refractivity contribution in [2.45, 2.75) is 37.5 Å². The molecule has 2 aliphatic rings.